The van der Waals surface area contributed by atoms with Gasteiger partial charge in [0.25, 0.3) is 5.56 Å². The van der Waals surface area contributed by atoms with E-state index >= 15 is 0 Å². The number of hydrogen-bond acceptors (Lipinski definition) is 3. The molecule has 1 aliphatic carbocycles. The maximum absolute atomic E-state index is 12.0. The van der Waals surface area contributed by atoms with Crippen LogP contribution in [-0.4, -0.2) is 9.13 Å². The Hall–Kier alpha value is -1.52. The lowest BCUT2D eigenvalue weighted by molar-refractivity contribution is 0.425. The first-order valence-corrected chi connectivity index (χ1v) is 6.23. The molecule has 1 saturated carbocycles. The molecule has 2 N–H and O–H groups in total. The van der Waals surface area contributed by atoms with Crippen LogP contribution in [0.5, 0.6) is 0 Å². The monoisotopic (exact) mass is 237 g/mol. The first-order valence-electron chi connectivity index (χ1n) is 6.23. The molecule has 0 spiro atoms. The lowest BCUT2D eigenvalue weighted by Gasteiger charge is -2.13. The lowest BCUT2D eigenvalue weighted by atomic mass is 10.1. The number of aromatic nitrogens is 2. The molecule has 0 saturated heterocycles. The van der Waals surface area contributed by atoms with Crippen LogP contribution < -0.4 is 17.0 Å². The van der Waals surface area contributed by atoms with Crippen LogP contribution in [0.15, 0.2) is 15.8 Å². The molecule has 5 heteroatoms. The first-order chi connectivity index (χ1) is 8.13. The zero-order valence-corrected chi connectivity index (χ0v) is 10.2. The summed E-state index contributed by atoms with van der Waals surface area (Å²) in [6.07, 6.45) is 6.04. The van der Waals surface area contributed by atoms with E-state index in [0.717, 1.165) is 12.8 Å². The Kier molecular flexibility index (Phi) is 3.36. The van der Waals surface area contributed by atoms with E-state index in [9.17, 15) is 9.59 Å². The molecule has 0 atom stereocenters. The normalized spacial score (nSPS) is 16.5. The molecule has 1 aliphatic rings. The summed E-state index contributed by atoms with van der Waals surface area (Å²) >= 11 is 0. The van der Waals surface area contributed by atoms with Gasteiger partial charge in [-0.1, -0.05) is 12.8 Å². The quantitative estimate of drug-likeness (QED) is 0.845. The molecule has 1 fully saturated rings. The van der Waals surface area contributed by atoms with E-state index in [1.54, 1.807) is 0 Å². The van der Waals surface area contributed by atoms with Crippen molar-refractivity contribution in [2.24, 2.45) is 5.92 Å². The van der Waals surface area contributed by atoms with Crippen molar-refractivity contribution in [1.29, 1.82) is 0 Å². The van der Waals surface area contributed by atoms with Crippen molar-refractivity contribution in [3.05, 3.63) is 27.0 Å². The smallest absolute Gasteiger partial charge is 0.331 e. The minimum Gasteiger partial charge on any atom is -0.393 e. The van der Waals surface area contributed by atoms with E-state index in [-0.39, 0.29) is 16.9 Å². The molecule has 17 heavy (non-hydrogen) atoms. The van der Waals surface area contributed by atoms with Crippen LogP contribution >= 0.6 is 0 Å². The molecule has 0 unspecified atom stereocenters. The predicted molar refractivity (Wildman–Crippen MR) is 67.0 cm³/mol. The van der Waals surface area contributed by atoms with Gasteiger partial charge in [0.15, 0.2) is 0 Å². The number of rotatable bonds is 3. The molecule has 2 rings (SSSR count). The van der Waals surface area contributed by atoms with Crippen LogP contribution in [0.2, 0.25) is 0 Å². The maximum Gasteiger partial charge on any atom is 0.331 e. The Labute approximate surface area is 99.9 Å². The van der Waals surface area contributed by atoms with E-state index in [1.807, 2.05) is 6.92 Å². The summed E-state index contributed by atoms with van der Waals surface area (Å²) in [6.45, 7) is 2.92. The molecule has 94 valence electrons. The maximum atomic E-state index is 12.0. The molecule has 0 aromatic carbocycles. The molecule has 0 aliphatic heterocycles. The minimum atomic E-state index is -0.341. The summed E-state index contributed by atoms with van der Waals surface area (Å²) in [6, 6.07) is 0. The fourth-order valence-corrected chi connectivity index (χ4v) is 2.51. The summed E-state index contributed by atoms with van der Waals surface area (Å²) < 4.78 is 2.79. The van der Waals surface area contributed by atoms with Crippen molar-refractivity contribution < 1.29 is 0 Å². The Morgan fingerprint density at radius 3 is 2.59 bits per heavy atom. The van der Waals surface area contributed by atoms with Gasteiger partial charge in [-0.15, -0.1) is 0 Å². The Bertz CT molecular complexity index is 509. The first kappa shape index (κ1) is 12.0. The highest BCUT2D eigenvalue weighted by molar-refractivity contribution is 5.30. The molecular formula is C12H19N3O2. The van der Waals surface area contributed by atoms with Crippen molar-refractivity contribution in [2.75, 3.05) is 5.73 Å². The summed E-state index contributed by atoms with van der Waals surface area (Å²) in [4.78, 5) is 23.9. The van der Waals surface area contributed by atoms with E-state index in [2.05, 4.69) is 0 Å². The predicted octanol–water partition coefficient (Wildman–Crippen LogP) is 0.802. The van der Waals surface area contributed by atoms with Gasteiger partial charge in [-0.2, -0.15) is 0 Å². The summed E-state index contributed by atoms with van der Waals surface area (Å²) in [5, 5.41) is 0. The second-order valence-electron chi connectivity index (χ2n) is 4.72. The molecule has 0 radical (unpaired) electrons. The summed E-state index contributed by atoms with van der Waals surface area (Å²) in [7, 11) is 0. The average Bonchev–Trinajstić information content (AvgIpc) is 2.82. The number of anilines is 1. The minimum absolute atomic E-state index is 0.157. The van der Waals surface area contributed by atoms with Gasteiger partial charge in [0, 0.05) is 19.3 Å². The third kappa shape index (κ3) is 2.28. The van der Waals surface area contributed by atoms with Gasteiger partial charge in [-0.3, -0.25) is 13.9 Å². The highest BCUT2D eigenvalue weighted by atomic mass is 16.2. The average molecular weight is 237 g/mol. The van der Waals surface area contributed by atoms with Crippen LogP contribution in [0.4, 0.5) is 5.69 Å². The molecule has 1 aromatic heterocycles. The zero-order chi connectivity index (χ0) is 12.4. The van der Waals surface area contributed by atoms with Crippen molar-refractivity contribution >= 4 is 5.69 Å². The Balaban J connectivity index is 2.40. The Morgan fingerprint density at radius 2 is 2.00 bits per heavy atom. The van der Waals surface area contributed by atoms with Crippen LogP contribution in [0.25, 0.3) is 0 Å². The molecular weight excluding hydrogens is 218 g/mol. The van der Waals surface area contributed by atoms with Crippen molar-refractivity contribution in [3.8, 4) is 0 Å². The van der Waals surface area contributed by atoms with Crippen molar-refractivity contribution in [2.45, 2.75) is 45.7 Å². The molecule has 0 bridgehead atoms. The molecule has 5 nitrogen and oxygen atoms in total. The van der Waals surface area contributed by atoms with E-state index < -0.39 is 0 Å². The highest BCUT2D eigenvalue weighted by Crippen LogP contribution is 2.25. The van der Waals surface area contributed by atoms with Gasteiger partial charge >= 0.3 is 5.69 Å². The fourth-order valence-electron chi connectivity index (χ4n) is 2.51. The van der Waals surface area contributed by atoms with Crippen LogP contribution in [-0.2, 0) is 13.1 Å². The number of nitrogen functional groups attached to an aromatic ring is 1. The summed E-state index contributed by atoms with van der Waals surface area (Å²) in [5.41, 5.74) is 5.23. The van der Waals surface area contributed by atoms with E-state index in [0.29, 0.717) is 19.0 Å². The van der Waals surface area contributed by atoms with Crippen molar-refractivity contribution in [3.63, 3.8) is 0 Å². The van der Waals surface area contributed by atoms with Gasteiger partial charge < -0.3 is 5.73 Å². The van der Waals surface area contributed by atoms with Gasteiger partial charge in [-0.25, -0.2) is 4.79 Å². The van der Waals surface area contributed by atoms with Gasteiger partial charge in [0.05, 0.1) is 0 Å². The fraction of sp³-hybridized carbons (Fsp3) is 0.667. The summed E-state index contributed by atoms with van der Waals surface area (Å²) in [5.74, 6) is 0.451. The standard InChI is InChI=1S/C12H19N3O2/c1-2-14-8-10(13)11(16)15(12(14)17)7-9-5-3-4-6-9/h8-9H,2-7,13H2,1H3. The largest absolute Gasteiger partial charge is 0.393 e. The third-order valence-corrected chi connectivity index (χ3v) is 3.52. The SMILES string of the molecule is CCn1cc(N)c(=O)n(CC2CCCC2)c1=O. The number of nitrogens with two attached hydrogens (primary N) is 1. The van der Waals surface area contributed by atoms with Crippen LogP contribution in [0.1, 0.15) is 32.6 Å². The van der Waals surface area contributed by atoms with Crippen molar-refractivity contribution in [1.82, 2.24) is 9.13 Å². The zero-order valence-electron chi connectivity index (χ0n) is 10.2. The third-order valence-electron chi connectivity index (χ3n) is 3.52. The topological polar surface area (TPSA) is 70.0 Å². The molecule has 0 amide bonds. The molecule has 1 aromatic rings. The second kappa shape index (κ2) is 4.77. The highest BCUT2D eigenvalue weighted by Gasteiger charge is 2.18. The number of nitrogens with zero attached hydrogens (tertiary/aromatic N) is 2. The number of aryl methyl sites for hydroxylation is 1. The van der Waals surface area contributed by atoms with Gasteiger partial charge in [0.2, 0.25) is 0 Å². The van der Waals surface area contributed by atoms with E-state index in [4.69, 9.17) is 5.73 Å². The van der Waals surface area contributed by atoms with Gasteiger partial charge in [-0.05, 0) is 25.7 Å². The van der Waals surface area contributed by atoms with Crippen LogP contribution in [0, 0.1) is 5.92 Å². The van der Waals surface area contributed by atoms with E-state index in [1.165, 1.54) is 28.2 Å². The lowest BCUT2D eigenvalue weighted by Crippen LogP contribution is -2.41. The Morgan fingerprint density at radius 1 is 1.35 bits per heavy atom. The molecule has 1 heterocycles. The van der Waals surface area contributed by atoms with Gasteiger partial charge in [0.1, 0.15) is 5.69 Å². The second-order valence-corrected chi connectivity index (χ2v) is 4.72. The van der Waals surface area contributed by atoms with Crippen LogP contribution in [0.3, 0.4) is 0 Å². The number of hydrogen-bond donors (Lipinski definition) is 1.